The van der Waals surface area contributed by atoms with E-state index in [0.29, 0.717) is 27.5 Å². The molecule has 22 heavy (non-hydrogen) atoms. The van der Waals surface area contributed by atoms with Gasteiger partial charge in [-0.3, -0.25) is 0 Å². The van der Waals surface area contributed by atoms with Gasteiger partial charge < -0.3 is 4.74 Å². The van der Waals surface area contributed by atoms with Crippen LogP contribution in [0.4, 0.5) is 0 Å². The fraction of sp³-hybridized carbons (Fsp3) is 0.222. The lowest BCUT2D eigenvalue weighted by atomic mass is 9.87. The Hall–Kier alpha value is -1.91. The molecule has 2 aromatic carbocycles. The highest BCUT2D eigenvalue weighted by Gasteiger charge is 2.43. The molecule has 0 aliphatic carbocycles. The zero-order chi connectivity index (χ0) is 16.0. The molecule has 0 bridgehead atoms. The molecule has 0 radical (unpaired) electrons. The minimum Gasteiger partial charge on any atom is -0.361 e. The molecule has 3 nitrogen and oxygen atoms in total. The van der Waals surface area contributed by atoms with Gasteiger partial charge >= 0.3 is 0 Å². The zero-order valence-corrected chi connectivity index (χ0v) is 13.5. The third-order valence-electron chi connectivity index (χ3n) is 3.99. The molecule has 0 atom stereocenters. The molecule has 0 spiro atoms. The molecule has 4 heteroatoms. The van der Waals surface area contributed by atoms with Crippen LogP contribution in [-0.4, -0.2) is 15.0 Å². The molecule has 0 amide bonds. The molecule has 0 unspecified atom stereocenters. The maximum atomic E-state index is 12.8. The Morgan fingerprint density at radius 2 is 1.50 bits per heavy atom. The number of fused-ring (bicyclic) bond motifs is 2. The lowest BCUT2D eigenvalue weighted by Gasteiger charge is -2.37. The second kappa shape index (κ2) is 5.07. The van der Waals surface area contributed by atoms with Gasteiger partial charge in [-0.15, -0.1) is 0 Å². The van der Waals surface area contributed by atoms with E-state index in [9.17, 15) is 8.42 Å². The van der Waals surface area contributed by atoms with Crippen molar-refractivity contribution in [2.75, 3.05) is 6.61 Å². The summed E-state index contributed by atoms with van der Waals surface area (Å²) in [5.41, 5.74) is 1.44. The van der Waals surface area contributed by atoms with E-state index in [0.717, 1.165) is 5.57 Å². The molecule has 0 saturated carbocycles. The van der Waals surface area contributed by atoms with Gasteiger partial charge in [-0.25, -0.2) is 8.42 Å². The van der Waals surface area contributed by atoms with Crippen molar-refractivity contribution in [2.24, 2.45) is 0 Å². The third-order valence-corrected chi connectivity index (χ3v) is 5.86. The van der Waals surface area contributed by atoms with Gasteiger partial charge in [0, 0.05) is 11.1 Å². The minimum atomic E-state index is -3.51. The highest BCUT2D eigenvalue weighted by molar-refractivity contribution is 7.91. The molecule has 114 valence electrons. The first-order valence-corrected chi connectivity index (χ1v) is 8.58. The van der Waals surface area contributed by atoms with Gasteiger partial charge in [-0.1, -0.05) is 48.6 Å². The molecule has 0 saturated heterocycles. The van der Waals surface area contributed by atoms with Gasteiger partial charge in [0.2, 0.25) is 9.84 Å². The summed E-state index contributed by atoms with van der Waals surface area (Å²) in [4.78, 5) is 0.635. The highest BCUT2D eigenvalue weighted by atomic mass is 32.2. The standard InChI is InChI=1S/C18H18O3S/c1-13(2)12-21-18(3)14-8-4-6-10-16(14)22(19,20)17-11-7-5-9-15(17)18/h4-11H,1,12H2,2-3H3. The van der Waals surface area contributed by atoms with Gasteiger partial charge in [0.05, 0.1) is 16.4 Å². The van der Waals surface area contributed by atoms with Crippen molar-refractivity contribution in [1.29, 1.82) is 0 Å². The molecule has 2 aromatic rings. The van der Waals surface area contributed by atoms with Gasteiger partial charge in [0.25, 0.3) is 0 Å². The quantitative estimate of drug-likeness (QED) is 0.812. The van der Waals surface area contributed by atoms with E-state index < -0.39 is 15.4 Å². The van der Waals surface area contributed by atoms with Crippen molar-refractivity contribution in [3.63, 3.8) is 0 Å². The first kappa shape index (κ1) is 15.0. The van der Waals surface area contributed by atoms with Crippen LogP contribution in [0.5, 0.6) is 0 Å². The first-order valence-electron chi connectivity index (χ1n) is 7.10. The van der Waals surface area contributed by atoms with Gasteiger partial charge in [0.15, 0.2) is 0 Å². The Bertz CT molecular complexity index is 797. The van der Waals surface area contributed by atoms with Crippen LogP contribution < -0.4 is 0 Å². The molecule has 1 heterocycles. The average molecular weight is 314 g/mol. The maximum absolute atomic E-state index is 12.8. The molecular formula is C18H18O3S. The third kappa shape index (κ3) is 2.11. The van der Waals surface area contributed by atoms with Crippen LogP contribution in [0.15, 0.2) is 70.5 Å². The first-order chi connectivity index (χ1) is 10.4. The average Bonchev–Trinajstić information content (AvgIpc) is 2.52. The summed E-state index contributed by atoms with van der Waals surface area (Å²) in [5.74, 6) is 0. The number of ether oxygens (including phenoxy) is 1. The van der Waals surface area contributed by atoms with Crippen molar-refractivity contribution in [3.05, 3.63) is 71.8 Å². The molecule has 0 aromatic heterocycles. The Labute approximate surface area is 131 Å². The van der Waals surface area contributed by atoms with Crippen molar-refractivity contribution in [2.45, 2.75) is 29.2 Å². The largest absolute Gasteiger partial charge is 0.361 e. The number of hydrogen-bond acceptors (Lipinski definition) is 3. The van der Waals surface area contributed by atoms with Crippen LogP contribution in [0.3, 0.4) is 0 Å². The highest BCUT2D eigenvalue weighted by Crippen LogP contribution is 2.46. The maximum Gasteiger partial charge on any atom is 0.207 e. The summed E-state index contributed by atoms with van der Waals surface area (Å²) < 4.78 is 31.8. The van der Waals surface area contributed by atoms with E-state index in [-0.39, 0.29) is 0 Å². The summed E-state index contributed by atoms with van der Waals surface area (Å²) in [5, 5.41) is 0. The Morgan fingerprint density at radius 1 is 1.05 bits per heavy atom. The van der Waals surface area contributed by atoms with Crippen molar-refractivity contribution < 1.29 is 13.2 Å². The van der Waals surface area contributed by atoms with Crippen LogP contribution in [-0.2, 0) is 20.2 Å². The summed E-state index contributed by atoms with van der Waals surface area (Å²) in [6.07, 6.45) is 0. The van der Waals surface area contributed by atoms with E-state index in [1.165, 1.54) is 0 Å². The molecule has 0 N–H and O–H groups in total. The van der Waals surface area contributed by atoms with E-state index in [1.807, 2.05) is 38.1 Å². The number of benzene rings is 2. The van der Waals surface area contributed by atoms with Gasteiger partial charge in [-0.2, -0.15) is 0 Å². The molecule has 0 fully saturated rings. The molecule has 1 aliphatic rings. The predicted molar refractivity (Wildman–Crippen MR) is 85.6 cm³/mol. The summed E-state index contributed by atoms with van der Waals surface area (Å²) in [7, 11) is -3.51. The summed E-state index contributed by atoms with van der Waals surface area (Å²) in [6.45, 7) is 8.05. The lowest BCUT2D eigenvalue weighted by molar-refractivity contribution is 0.00476. The second-order valence-corrected chi connectivity index (χ2v) is 7.66. The van der Waals surface area contributed by atoms with Crippen molar-refractivity contribution in [1.82, 2.24) is 0 Å². The fourth-order valence-corrected chi connectivity index (χ4v) is 4.73. The fourth-order valence-electron chi connectivity index (χ4n) is 2.88. The van der Waals surface area contributed by atoms with Crippen LogP contribution in [0, 0.1) is 0 Å². The predicted octanol–water partition coefficient (Wildman–Crippen LogP) is 3.69. The number of rotatable bonds is 3. The van der Waals surface area contributed by atoms with Crippen molar-refractivity contribution in [3.8, 4) is 0 Å². The minimum absolute atomic E-state index is 0.318. The number of sulfone groups is 1. The monoisotopic (exact) mass is 314 g/mol. The topological polar surface area (TPSA) is 43.4 Å². The molecule has 1 aliphatic heterocycles. The van der Waals surface area contributed by atoms with E-state index >= 15 is 0 Å². The Morgan fingerprint density at radius 3 is 1.95 bits per heavy atom. The Balaban J connectivity index is 2.31. The van der Waals surface area contributed by atoms with E-state index in [1.54, 1.807) is 24.3 Å². The molecule has 3 rings (SSSR count). The Kier molecular flexibility index (Phi) is 3.46. The smallest absolute Gasteiger partial charge is 0.207 e. The van der Waals surface area contributed by atoms with Crippen LogP contribution in [0.25, 0.3) is 0 Å². The normalized spacial score (nSPS) is 17.4. The number of hydrogen-bond donors (Lipinski definition) is 0. The van der Waals surface area contributed by atoms with Crippen LogP contribution in [0.1, 0.15) is 25.0 Å². The summed E-state index contributed by atoms with van der Waals surface area (Å²) >= 11 is 0. The molecular weight excluding hydrogens is 296 g/mol. The van der Waals surface area contributed by atoms with Crippen molar-refractivity contribution >= 4 is 9.84 Å². The van der Waals surface area contributed by atoms with Gasteiger partial charge in [-0.05, 0) is 26.0 Å². The second-order valence-electron chi connectivity index (χ2n) is 5.77. The van der Waals surface area contributed by atoms with Crippen LogP contribution >= 0.6 is 0 Å². The van der Waals surface area contributed by atoms with Crippen LogP contribution in [0.2, 0.25) is 0 Å². The zero-order valence-electron chi connectivity index (χ0n) is 12.7. The van der Waals surface area contributed by atoms with Gasteiger partial charge in [0.1, 0.15) is 5.60 Å². The summed E-state index contributed by atoms with van der Waals surface area (Å²) in [6, 6.07) is 14.1. The lowest BCUT2D eigenvalue weighted by Crippen LogP contribution is -2.35. The SMILES string of the molecule is C=C(C)COC1(C)c2ccccc2S(=O)(=O)c2ccccc21. The van der Waals surface area contributed by atoms with E-state index in [2.05, 4.69) is 6.58 Å². The van der Waals surface area contributed by atoms with E-state index in [4.69, 9.17) is 4.74 Å².